The van der Waals surface area contributed by atoms with E-state index in [1.54, 1.807) is 6.07 Å². The maximum Gasteiger partial charge on any atom is 0.260 e. The summed E-state index contributed by atoms with van der Waals surface area (Å²) < 4.78 is 14.8. The molecule has 5 nitrogen and oxygen atoms in total. The van der Waals surface area contributed by atoms with Crippen molar-refractivity contribution in [2.24, 2.45) is 0 Å². The van der Waals surface area contributed by atoms with Gasteiger partial charge in [0, 0.05) is 31.1 Å². The van der Waals surface area contributed by atoms with Crippen LogP contribution in [-0.4, -0.2) is 10.4 Å². The van der Waals surface area contributed by atoms with Gasteiger partial charge in [-0.3, -0.25) is 4.79 Å². The number of hydrogen-bond donors (Lipinski definition) is 0. The first-order chi connectivity index (χ1) is 14.0. The van der Waals surface area contributed by atoms with Crippen molar-refractivity contribution in [3.8, 4) is 11.8 Å². The third-order valence-corrected chi connectivity index (χ3v) is 6.06. The van der Waals surface area contributed by atoms with E-state index in [0.29, 0.717) is 29.8 Å². The molecule has 0 spiro atoms. The zero-order valence-electron chi connectivity index (χ0n) is 17.5. The first-order valence-corrected chi connectivity index (χ1v) is 10.7. The van der Waals surface area contributed by atoms with Gasteiger partial charge in [-0.1, -0.05) is 32.8 Å². The minimum absolute atomic E-state index is 0.0280. The van der Waals surface area contributed by atoms with Crippen molar-refractivity contribution in [2.75, 3.05) is 0 Å². The Kier molecular flexibility index (Phi) is 5.23. The van der Waals surface area contributed by atoms with Gasteiger partial charge in [-0.15, -0.1) is 0 Å². The van der Waals surface area contributed by atoms with Crippen LogP contribution in [0.3, 0.4) is 0 Å². The van der Waals surface area contributed by atoms with Crippen LogP contribution in [0.1, 0.15) is 80.0 Å². The Hall–Kier alpha value is -2.58. The largest absolute Gasteiger partial charge is 0.461 e. The average Bonchev–Trinajstić information content (AvgIpc) is 2.71. The number of nitriles is 1. The molecule has 152 valence electrons. The number of unbranched alkanes of at least 4 members (excludes halogenated alkanes) is 2. The van der Waals surface area contributed by atoms with Crippen molar-refractivity contribution in [1.82, 2.24) is 4.57 Å². The van der Waals surface area contributed by atoms with E-state index in [9.17, 15) is 10.1 Å². The van der Waals surface area contributed by atoms with E-state index in [2.05, 4.69) is 19.9 Å². The molecule has 2 atom stereocenters. The Balaban J connectivity index is 1.89. The molecule has 0 saturated heterocycles. The fourth-order valence-corrected chi connectivity index (χ4v) is 4.49. The van der Waals surface area contributed by atoms with Gasteiger partial charge in [0.05, 0.1) is 17.2 Å². The topological polar surface area (TPSA) is 64.2 Å². The van der Waals surface area contributed by atoms with Gasteiger partial charge in [-0.25, -0.2) is 0 Å². The predicted octanol–water partition coefficient (Wildman–Crippen LogP) is 4.77. The molecule has 2 aliphatic rings. The smallest absolute Gasteiger partial charge is 0.260 e. The molecule has 29 heavy (non-hydrogen) atoms. The van der Waals surface area contributed by atoms with Crippen LogP contribution in [-0.2, 0) is 17.7 Å². The van der Waals surface area contributed by atoms with Crippen LogP contribution in [0.25, 0.3) is 0 Å². The molecule has 0 radical (unpaired) electrons. The molecule has 0 fully saturated rings. The van der Waals surface area contributed by atoms with Gasteiger partial charge in [0.2, 0.25) is 5.79 Å². The molecule has 2 aromatic rings. The maximum atomic E-state index is 13.4. The quantitative estimate of drug-likeness (QED) is 0.710. The zero-order valence-corrected chi connectivity index (χ0v) is 17.5. The Morgan fingerprint density at radius 1 is 1.24 bits per heavy atom. The first kappa shape index (κ1) is 19.7. The number of ether oxygens (including phenoxy) is 2. The van der Waals surface area contributed by atoms with Crippen LogP contribution in [0.4, 0.5) is 0 Å². The summed E-state index contributed by atoms with van der Waals surface area (Å²) in [5, 5.41) is 9.33. The lowest BCUT2D eigenvalue weighted by Crippen LogP contribution is -2.51. The van der Waals surface area contributed by atoms with Crippen LogP contribution in [0, 0.1) is 18.3 Å². The molecular formula is C24H28N2O3. The number of aromatic nitrogens is 1. The van der Waals surface area contributed by atoms with Gasteiger partial charge in [0.25, 0.3) is 5.56 Å². The molecule has 0 amide bonds. The number of nitrogens with zero attached hydrogens (tertiary/aromatic N) is 2. The third-order valence-electron chi connectivity index (χ3n) is 6.06. The normalized spacial score (nSPS) is 21.7. The Bertz CT molecular complexity index is 1030. The summed E-state index contributed by atoms with van der Waals surface area (Å²) in [6, 6.07) is 9.88. The molecule has 1 aromatic heterocycles. The molecule has 0 aliphatic carbocycles. The molecule has 3 heterocycles. The van der Waals surface area contributed by atoms with Crippen LogP contribution in [0.15, 0.2) is 29.1 Å². The molecular weight excluding hydrogens is 364 g/mol. The lowest BCUT2D eigenvalue weighted by atomic mass is 9.84. The number of aryl methyl sites for hydroxylation is 1. The Labute approximate surface area is 171 Å². The van der Waals surface area contributed by atoms with E-state index in [0.717, 1.165) is 48.9 Å². The van der Waals surface area contributed by atoms with E-state index >= 15 is 0 Å². The highest BCUT2D eigenvalue weighted by atomic mass is 16.7. The summed E-state index contributed by atoms with van der Waals surface area (Å²) in [5.74, 6) is -0.119. The Morgan fingerprint density at radius 2 is 2.03 bits per heavy atom. The van der Waals surface area contributed by atoms with Crippen molar-refractivity contribution < 1.29 is 9.47 Å². The zero-order chi connectivity index (χ0) is 20.6. The molecule has 0 N–H and O–H groups in total. The summed E-state index contributed by atoms with van der Waals surface area (Å²) >= 11 is 0. The standard InChI is InChI=1S/C24H28N2O3/c1-4-6-10-24-14-18-13-17(15-25)8-9-19(18)22(29-24)21-20(28-24)12-16(3)26(23(21)27)11-7-5-2/h8-9,12-13,22H,4-7,10-11,14H2,1-3H3/t22-,24+/m0/s1. The highest BCUT2D eigenvalue weighted by Gasteiger charge is 2.48. The second-order valence-electron chi connectivity index (χ2n) is 8.19. The molecule has 4 rings (SSSR count). The van der Waals surface area contributed by atoms with E-state index < -0.39 is 11.9 Å². The summed E-state index contributed by atoms with van der Waals surface area (Å²) in [7, 11) is 0. The van der Waals surface area contributed by atoms with Crippen LogP contribution >= 0.6 is 0 Å². The maximum absolute atomic E-state index is 13.4. The van der Waals surface area contributed by atoms with E-state index in [1.807, 2.05) is 29.7 Å². The molecule has 2 aliphatic heterocycles. The highest BCUT2D eigenvalue weighted by molar-refractivity contribution is 5.49. The van der Waals surface area contributed by atoms with E-state index in [-0.39, 0.29) is 5.56 Å². The van der Waals surface area contributed by atoms with Crippen LogP contribution < -0.4 is 10.3 Å². The summed E-state index contributed by atoms with van der Waals surface area (Å²) in [6.45, 7) is 6.93. The lowest BCUT2D eigenvalue weighted by Gasteiger charge is -2.46. The Morgan fingerprint density at radius 3 is 2.76 bits per heavy atom. The molecule has 1 aromatic carbocycles. The second-order valence-corrected chi connectivity index (χ2v) is 8.19. The van der Waals surface area contributed by atoms with E-state index in [4.69, 9.17) is 9.47 Å². The number of hydrogen-bond acceptors (Lipinski definition) is 4. The minimum Gasteiger partial charge on any atom is -0.461 e. The number of benzene rings is 1. The fraction of sp³-hybridized carbons (Fsp3) is 0.500. The second kappa shape index (κ2) is 7.68. The van der Waals surface area contributed by atoms with Crippen molar-refractivity contribution in [3.05, 3.63) is 62.6 Å². The van der Waals surface area contributed by atoms with Crippen molar-refractivity contribution in [2.45, 2.75) is 77.7 Å². The summed E-state index contributed by atoms with van der Waals surface area (Å²) in [4.78, 5) is 13.4. The number of fused-ring (bicyclic) bond motifs is 6. The molecule has 5 heteroatoms. The average molecular weight is 392 g/mol. The van der Waals surface area contributed by atoms with Crippen molar-refractivity contribution in [1.29, 1.82) is 5.26 Å². The molecule has 0 unspecified atom stereocenters. The lowest BCUT2D eigenvalue weighted by molar-refractivity contribution is -0.232. The fourth-order valence-electron chi connectivity index (χ4n) is 4.49. The molecule has 0 saturated carbocycles. The van der Waals surface area contributed by atoms with Crippen molar-refractivity contribution in [3.63, 3.8) is 0 Å². The third kappa shape index (κ3) is 3.36. The predicted molar refractivity (Wildman–Crippen MR) is 111 cm³/mol. The van der Waals surface area contributed by atoms with Crippen molar-refractivity contribution >= 4 is 0 Å². The number of pyridine rings is 1. The van der Waals surface area contributed by atoms with Gasteiger partial charge in [-0.2, -0.15) is 5.26 Å². The van der Waals surface area contributed by atoms with Gasteiger partial charge >= 0.3 is 0 Å². The van der Waals surface area contributed by atoms with E-state index in [1.165, 1.54) is 0 Å². The van der Waals surface area contributed by atoms with Gasteiger partial charge in [-0.05, 0) is 43.0 Å². The van der Waals surface area contributed by atoms with Gasteiger partial charge in [0.1, 0.15) is 11.9 Å². The SMILES string of the molecule is CCCCn1c(C)cc2c(c1=O)[C@H]1O[C@](CCCC)(Cc3cc(C#N)ccc31)O2. The van der Waals surface area contributed by atoms with Crippen LogP contribution in [0.5, 0.6) is 5.75 Å². The van der Waals surface area contributed by atoms with Gasteiger partial charge < -0.3 is 14.0 Å². The number of rotatable bonds is 6. The summed E-state index contributed by atoms with van der Waals surface area (Å²) in [6.07, 6.45) is 4.89. The highest BCUT2D eigenvalue weighted by Crippen LogP contribution is 2.48. The van der Waals surface area contributed by atoms with Gasteiger partial charge in [0.15, 0.2) is 0 Å². The minimum atomic E-state index is -0.775. The summed E-state index contributed by atoms with van der Waals surface area (Å²) in [5.41, 5.74) is 4.13. The monoisotopic (exact) mass is 392 g/mol. The first-order valence-electron chi connectivity index (χ1n) is 10.7. The molecule has 2 bridgehead atoms. The van der Waals surface area contributed by atoms with Crippen LogP contribution in [0.2, 0.25) is 0 Å².